The molecule has 4 rings (SSSR count). The molecule has 0 spiro atoms. The van der Waals surface area contributed by atoms with Crippen LogP contribution in [0.15, 0.2) is 48.5 Å². The number of rotatable bonds is 10. The Balaban J connectivity index is 1.08. The number of hydrazine groups is 2. The van der Waals surface area contributed by atoms with Crippen LogP contribution in [0.1, 0.15) is 65.7 Å². The molecular weight excluding hydrogens is 504 g/mol. The molecule has 0 aromatic heterocycles. The molecule has 2 aromatic carbocycles. The maximum Gasteiger partial charge on any atom is 0.269 e. The lowest BCUT2D eigenvalue weighted by Crippen LogP contribution is -2.42. The number of hydrogen-bond acceptors (Lipinski definition) is 6. The highest BCUT2D eigenvalue weighted by Gasteiger charge is 2.30. The second-order valence-corrected chi connectivity index (χ2v) is 9.54. The van der Waals surface area contributed by atoms with Gasteiger partial charge in [-0.3, -0.25) is 50.5 Å². The summed E-state index contributed by atoms with van der Waals surface area (Å²) in [6.45, 7) is 0. The van der Waals surface area contributed by atoms with Crippen LogP contribution < -0.4 is 32.3 Å². The summed E-state index contributed by atoms with van der Waals surface area (Å²) >= 11 is 0. The summed E-state index contributed by atoms with van der Waals surface area (Å²) in [5.74, 6) is -1.93. The summed E-state index contributed by atoms with van der Waals surface area (Å²) in [6.07, 6.45) is 3.72. The van der Waals surface area contributed by atoms with E-state index in [1.807, 2.05) is 0 Å². The van der Waals surface area contributed by atoms with Crippen molar-refractivity contribution in [1.29, 1.82) is 0 Å². The van der Waals surface area contributed by atoms with Gasteiger partial charge in [-0.1, -0.05) is 0 Å². The molecule has 2 aliphatic rings. The predicted molar refractivity (Wildman–Crippen MR) is 141 cm³/mol. The Kier molecular flexibility index (Phi) is 8.87. The van der Waals surface area contributed by atoms with Crippen LogP contribution in [0.5, 0.6) is 0 Å². The standard InChI is InChI=1S/C27H30N6O6/c34-22(30-32-26(38)18-8-12-20(13-9-18)28-24(36)16-4-5-16)2-1-3-23(35)31-33-27(39)19-10-14-21(15-11-19)29-25(37)17-6-7-17/h8-17H,1-7H2,(H,28,36)(H,29,37)(H,30,34)(H,31,35)(H,32,38)(H,33,39). The largest absolute Gasteiger partial charge is 0.326 e. The number of anilines is 2. The van der Waals surface area contributed by atoms with Crippen LogP contribution in [0, 0.1) is 11.8 Å². The van der Waals surface area contributed by atoms with Gasteiger partial charge < -0.3 is 10.6 Å². The van der Waals surface area contributed by atoms with Crippen molar-refractivity contribution in [3.05, 3.63) is 59.7 Å². The molecule has 6 amide bonds. The average Bonchev–Trinajstić information content (AvgIpc) is 3.84. The van der Waals surface area contributed by atoms with Gasteiger partial charge in [0, 0.05) is 47.2 Å². The molecule has 0 radical (unpaired) electrons. The summed E-state index contributed by atoms with van der Waals surface area (Å²) in [6, 6.07) is 12.6. The van der Waals surface area contributed by atoms with E-state index < -0.39 is 23.6 Å². The first-order valence-corrected chi connectivity index (χ1v) is 12.8. The highest BCUT2D eigenvalue weighted by atomic mass is 16.2. The SMILES string of the molecule is O=C(CCCC(=O)NNC(=O)c1ccc(NC(=O)C2CC2)cc1)NNC(=O)c1ccc(NC(=O)C2CC2)cc1. The molecule has 6 N–H and O–H groups in total. The Labute approximate surface area is 224 Å². The fourth-order valence-corrected chi connectivity index (χ4v) is 3.52. The summed E-state index contributed by atoms with van der Waals surface area (Å²) < 4.78 is 0. The van der Waals surface area contributed by atoms with Gasteiger partial charge in [0.05, 0.1) is 0 Å². The Bertz CT molecular complexity index is 1160. The molecule has 204 valence electrons. The van der Waals surface area contributed by atoms with E-state index in [1.165, 1.54) is 24.3 Å². The zero-order valence-electron chi connectivity index (χ0n) is 21.2. The lowest BCUT2D eigenvalue weighted by molar-refractivity contribution is -0.123. The topological polar surface area (TPSA) is 175 Å². The van der Waals surface area contributed by atoms with Crippen LogP contribution in [-0.2, 0) is 19.2 Å². The quantitative estimate of drug-likeness (QED) is 0.253. The highest BCUT2D eigenvalue weighted by molar-refractivity contribution is 5.98. The Morgan fingerprint density at radius 1 is 0.538 bits per heavy atom. The van der Waals surface area contributed by atoms with Crippen LogP contribution in [0.4, 0.5) is 11.4 Å². The molecule has 0 aliphatic heterocycles. The molecule has 39 heavy (non-hydrogen) atoms. The number of benzene rings is 2. The monoisotopic (exact) mass is 534 g/mol. The van der Waals surface area contributed by atoms with Crippen LogP contribution in [0.2, 0.25) is 0 Å². The second-order valence-electron chi connectivity index (χ2n) is 9.54. The first-order chi connectivity index (χ1) is 18.8. The third kappa shape index (κ3) is 8.66. The van der Waals surface area contributed by atoms with Gasteiger partial charge in [0.15, 0.2) is 0 Å². The Hall–Kier alpha value is -4.74. The number of carbonyl (C=O) groups excluding carboxylic acids is 6. The van der Waals surface area contributed by atoms with E-state index in [0.717, 1.165) is 25.7 Å². The van der Waals surface area contributed by atoms with E-state index in [2.05, 4.69) is 32.3 Å². The van der Waals surface area contributed by atoms with Crippen molar-refractivity contribution in [2.75, 3.05) is 10.6 Å². The van der Waals surface area contributed by atoms with Crippen LogP contribution in [0.3, 0.4) is 0 Å². The summed E-state index contributed by atoms with van der Waals surface area (Å²) in [7, 11) is 0. The summed E-state index contributed by atoms with van der Waals surface area (Å²) in [5.41, 5.74) is 11.0. The third-order valence-corrected chi connectivity index (χ3v) is 6.16. The van der Waals surface area contributed by atoms with Gasteiger partial charge in [-0.15, -0.1) is 0 Å². The van der Waals surface area contributed by atoms with Gasteiger partial charge in [0.1, 0.15) is 0 Å². The van der Waals surface area contributed by atoms with Crippen molar-refractivity contribution in [2.24, 2.45) is 11.8 Å². The molecule has 0 heterocycles. The van der Waals surface area contributed by atoms with E-state index in [0.29, 0.717) is 22.5 Å². The Morgan fingerprint density at radius 3 is 1.23 bits per heavy atom. The van der Waals surface area contributed by atoms with Gasteiger partial charge >= 0.3 is 0 Å². The van der Waals surface area contributed by atoms with E-state index in [-0.39, 0.29) is 42.9 Å². The maximum atomic E-state index is 12.2. The fourth-order valence-electron chi connectivity index (χ4n) is 3.52. The molecule has 12 heteroatoms. The minimum absolute atomic E-state index is 0.0260. The summed E-state index contributed by atoms with van der Waals surface area (Å²) in [5, 5.41) is 5.56. The van der Waals surface area contributed by atoms with Crippen molar-refractivity contribution in [3.8, 4) is 0 Å². The van der Waals surface area contributed by atoms with E-state index in [4.69, 9.17) is 0 Å². The third-order valence-electron chi connectivity index (χ3n) is 6.16. The molecule has 2 saturated carbocycles. The minimum Gasteiger partial charge on any atom is -0.326 e. The predicted octanol–water partition coefficient (Wildman–Crippen LogP) is 1.78. The van der Waals surface area contributed by atoms with Gasteiger partial charge in [0.2, 0.25) is 23.6 Å². The lowest BCUT2D eigenvalue weighted by atomic mass is 10.2. The minimum atomic E-state index is -0.526. The molecule has 0 saturated heterocycles. The smallest absolute Gasteiger partial charge is 0.269 e. The van der Waals surface area contributed by atoms with E-state index in [9.17, 15) is 28.8 Å². The maximum absolute atomic E-state index is 12.2. The number of amides is 6. The van der Waals surface area contributed by atoms with Crippen molar-refractivity contribution in [3.63, 3.8) is 0 Å². The van der Waals surface area contributed by atoms with Gasteiger partial charge in [0.25, 0.3) is 11.8 Å². The first kappa shape index (κ1) is 27.3. The van der Waals surface area contributed by atoms with Crippen molar-refractivity contribution in [2.45, 2.75) is 44.9 Å². The van der Waals surface area contributed by atoms with E-state index in [1.54, 1.807) is 24.3 Å². The van der Waals surface area contributed by atoms with Crippen molar-refractivity contribution >= 4 is 46.8 Å². The molecule has 0 unspecified atom stereocenters. The van der Waals surface area contributed by atoms with Gasteiger partial charge in [-0.25, -0.2) is 0 Å². The molecule has 2 fully saturated rings. The fraction of sp³-hybridized carbons (Fsp3) is 0.333. The zero-order valence-corrected chi connectivity index (χ0v) is 21.2. The van der Waals surface area contributed by atoms with Crippen molar-refractivity contribution < 1.29 is 28.8 Å². The lowest BCUT2D eigenvalue weighted by Gasteiger charge is -2.10. The van der Waals surface area contributed by atoms with Crippen LogP contribution in [-0.4, -0.2) is 35.4 Å². The van der Waals surface area contributed by atoms with Gasteiger partial charge in [-0.05, 0) is 80.6 Å². The number of hydrogen-bond donors (Lipinski definition) is 6. The normalized spacial score (nSPS) is 13.9. The molecule has 12 nitrogen and oxygen atoms in total. The molecule has 0 atom stereocenters. The Morgan fingerprint density at radius 2 is 0.897 bits per heavy atom. The zero-order chi connectivity index (χ0) is 27.8. The second kappa shape index (κ2) is 12.7. The number of nitrogens with one attached hydrogen (secondary N) is 6. The average molecular weight is 535 g/mol. The van der Waals surface area contributed by atoms with E-state index >= 15 is 0 Å². The van der Waals surface area contributed by atoms with Crippen molar-refractivity contribution in [1.82, 2.24) is 21.7 Å². The first-order valence-electron chi connectivity index (χ1n) is 12.8. The van der Waals surface area contributed by atoms with Gasteiger partial charge in [-0.2, -0.15) is 0 Å². The molecular formula is C27H30N6O6. The summed E-state index contributed by atoms with van der Waals surface area (Å²) in [4.78, 5) is 72.0. The van der Waals surface area contributed by atoms with Crippen LogP contribution >= 0.6 is 0 Å². The molecule has 2 aromatic rings. The molecule has 2 aliphatic carbocycles. The number of carbonyl (C=O) groups is 6. The van der Waals surface area contributed by atoms with Crippen LogP contribution in [0.25, 0.3) is 0 Å². The highest BCUT2D eigenvalue weighted by Crippen LogP contribution is 2.30. The molecule has 0 bridgehead atoms.